The topological polar surface area (TPSA) is 85.5 Å². The average Bonchev–Trinajstić information content (AvgIpc) is 3.50. The molecule has 7 nitrogen and oxygen atoms in total. The van der Waals surface area contributed by atoms with Gasteiger partial charge in [-0.05, 0) is 41.8 Å². The number of aromatic amines is 1. The van der Waals surface area contributed by atoms with Crippen LogP contribution in [0.2, 0.25) is 0 Å². The van der Waals surface area contributed by atoms with Gasteiger partial charge in [0.15, 0.2) is 0 Å². The summed E-state index contributed by atoms with van der Waals surface area (Å²) in [5.41, 5.74) is 6.53. The highest BCUT2D eigenvalue weighted by Crippen LogP contribution is 2.45. The Balaban J connectivity index is 1.26. The first-order chi connectivity index (χ1) is 20.0. The molecule has 3 heterocycles. The smallest absolute Gasteiger partial charge is 0.332 e. The molecule has 0 spiro atoms. The first-order valence-electron chi connectivity index (χ1n) is 13.7. The number of nitrogens with zero attached hydrogens (tertiary/aromatic N) is 2. The van der Waals surface area contributed by atoms with Gasteiger partial charge in [-0.1, -0.05) is 90.5 Å². The molecule has 0 bridgehead atoms. The first kappa shape index (κ1) is 24.8. The molecule has 2 aliphatic heterocycles. The van der Waals surface area contributed by atoms with Crippen LogP contribution in [0.5, 0.6) is 0 Å². The van der Waals surface area contributed by atoms with E-state index in [1.807, 2.05) is 79.7 Å². The number of rotatable bonds is 5. The van der Waals surface area contributed by atoms with Crippen molar-refractivity contribution in [1.29, 1.82) is 0 Å². The summed E-state index contributed by atoms with van der Waals surface area (Å²) in [6.07, 6.45) is 0.394. The largest absolute Gasteiger partial charge is 0.356 e. The molecule has 2 N–H and O–H groups in total. The summed E-state index contributed by atoms with van der Waals surface area (Å²) in [6, 6.07) is 30.9. The summed E-state index contributed by atoms with van der Waals surface area (Å²) >= 11 is 0. The third-order valence-corrected chi connectivity index (χ3v) is 8.13. The summed E-state index contributed by atoms with van der Waals surface area (Å²) in [4.78, 5) is 48.1. The Kier molecular flexibility index (Phi) is 5.93. The van der Waals surface area contributed by atoms with E-state index in [4.69, 9.17) is 0 Å². The van der Waals surface area contributed by atoms with Crippen molar-refractivity contribution in [1.82, 2.24) is 15.2 Å². The molecule has 1 saturated heterocycles. The minimum Gasteiger partial charge on any atom is -0.356 e. The third kappa shape index (κ3) is 4.09. The predicted octanol–water partition coefficient (Wildman–Crippen LogP) is 5.89. The zero-order chi connectivity index (χ0) is 28.1. The lowest BCUT2D eigenvalue weighted by Gasteiger charge is -2.36. The summed E-state index contributed by atoms with van der Waals surface area (Å²) in [6.45, 7) is 2.35. The van der Waals surface area contributed by atoms with Gasteiger partial charge in [0.2, 0.25) is 0 Å². The quantitative estimate of drug-likeness (QED) is 0.273. The van der Waals surface area contributed by atoms with E-state index in [9.17, 15) is 14.4 Å². The van der Waals surface area contributed by atoms with Crippen molar-refractivity contribution in [2.75, 3.05) is 4.90 Å². The normalized spacial score (nSPS) is 18.0. The second-order valence-corrected chi connectivity index (χ2v) is 10.6. The SMILES string of the molecule is Cc1ccc(CNC(=O)c2ccccc2N2C(=O)[C@@H]3Cc4c([nH]c5ccccc45)C(c4ccccc4)N3C2=O)cc1. The van der Waals surface area contributed by atoms with E-state index >= 15 is 0 Å². The lowest BCUT2D eigenvalue weighted by atomic mass is 9.89. The van der Waals surface area contributed by atoms with Crippen molar-refractivity contribution in [2.45, 2.75) is 32.0 Å². The summed E-state index contributed by atoms with van der Waals surface area (Å²) < 4.78 is 0. The molecule has 2 atom stereocenters. The Labute approximate surface area is 237 Å². The van der Waals surface area contributed by atoms with Crippen LogP contribution in [0.1, 0.15) is 44.3 Å². The molecule has 41 heavy (non-hydrogen) atoms. The number of imide groups is 1. The van der Waals surface area contributed by atoms with E-state index in [0.29, 0.717) is 18.7 Å². The van der Waals surface area contributed by atoms with Crippen molar-refractivity contribution in [2.24, 2.45) is 0 Å². The number of fused-ring (bicyclic) bond motifs is 4. The number of anilines is 1. The minimum absolute atomic E-state index is 0.279. The number of aromatic nitrogens is 1. The predicted molar refractivity (Wildman–Crippen MR) is 158 cm³/mol. The monoisotopic (exact) mass is 540 g/mol. The number of carbonyl (C=O) groups excluding carboxylic acids is 3. The fourth-order valence-electron chi connectivity index (χ4n) is 6.12. The maximum absolute atomic E-state index is 14.2. The van der Waals surface area contributed by atoms with Gasteiger partial charge in [-0.2, -0.15) is 0 Å². The fraction of sp³-hybridized carbons (Fsp3) is 0.147. The highest BCUT2D eigenvalue weighted by atomic mass is 16.2. The maximum atomic E-state index is 14.2. The highest BCUT2D eigenvalue weighted by Gasteiger charge is 2.53. The van der Waals surface area contributed by atoms with Crippen molar-refractivity contribution < 1.29 is 14.4 Å². The van der Waals surface area contributed by atoms with Crippen LogP contribution in [-0.2, 0) is 17.8 Å². The zero-order valence-electron chi connectivity index (χ0n) is 22.5. The molecular formula is C34H28N4O3. The summed E-state index contributed by atoms with van der Waals surface area (Å²) in [7, 11) is 0. The van der Waals surface area contributed by atoms with Crippen LogP contribution in [0.4, 0.5) is 10.5 Å². The zero-order valence-corrected chi connectivity index (χ0v) is 22.5. The van der Waals surface area contributed by atoms with Gasteiger partial charge in [-0.3, -0.25) is 14.5 Å². The molecule has 0 aliphatic carbocycles. The Morgan fingerprint density at radius 1 is 0.878 bits per heavy atom. The molecular weight excluding hydrogens is 512 g/mol. The van der Waals surface area contributed by atoms with Gasteiger partial charge in [0.1, 0.15) is 12.1 Å². The van der Waals surface area contributed by atoms with Crippen LogP contribution < -0.4 is 10.2 Å². The number of amides is 4. The van der Waals surface area contributed by atoms with Crippen LogP contribution in [0, 0.1) is 6.92 Å². The average molecular weight is 541 g/mol. The number of hydrogen-bond donors (Lipinski definition) is 2. The lowest BCUT2D eigenvalue weighted by molar-refractivity contribution is -0.120. The summed E-state index contributed by atoms with van der Waals surface area (Å²) in [5.74, 6) is -0.673. The van der Waals surface area contributed by atoms with Crippen molar-refractivity contribution in [3.63, 3.8) is 0 Å². The molecule has 4 amide bonds. The maximum Gasteiger partial charge on any atom is 0.332 e. The number of H-pyrrole nitrogens is 1. The van der Waals surface area contributed by atoms with E-state index in [1.165, 1.54) is 4.90 Å². The molecule has 7 heteroatoms. The summed E-state index contributed by atoms with van der Waals surface area (Å²) in [5, 5.41) is 4.00. The van der Waals surface area contributed by atoms with Gasteiger partial charge in [0, 0.05) is 29.6 Å². The number of nitrogens with one attached hydrogen (secondary N) is 2. The molecule has 1 aromatic heterocycles. The molecule has 0 saturated carbocycles. The second-order valence-electron chi connectivity index (χ2n) is 10.6. The van der Waals surface area contributed by atoms with Crippen LogP contribution in [0.25, 0.3) is 10.9 Å². The molecule has 1 unspecified atom stereocenters. The van der Waals surface area contributed by atoms with Gasteiger partial charge in [-0.15, -0.1) is 0 Å². The van der Waals surface area contributed by atoms with Crippen molar-refractivity contribution in [3.05, 3.63) is 137 Å². The number of carbonyl (C=O) groups is 3. The number of benzene rings is 4. The number of aryl methyl sites for hydroxylation is 1. The van der Waals surface area contributed by atoms with E-state index < -0.39 is 18.1 Å². The van der Waals surface area contributed by atoms with Gasteiger partial charge in [0.05, 0.1) is 11.3 Å². The van der Waals surface area contributed by atoms with Crippen molar-refractivity contribution in [3.8, 4) is 0 Å². The van der Waals surface area contributed by atoms with Crippen molar-refractivity contribution >= 4 is 34.4 Å². The minimum atomic E-state index is -0.692. The fourth-order valence-corrected chi connectivity index (χ4v) is 6.12. The van der Waals surface area contributed by atoms with Crippen LogP contribution >= 0.6 is 0 Å². The van der Waals surface area contributed by atoms with E-state index in [2.05, 4.69) is 16.4 Å². The van der Waals surface area contributed by atoms with Crippen LogP contribution in [-0.4, -0.2) is 33.8 Å². The van der Waals surface area contributed by atoms with E-state index in [-0.39, 0.29) is 17.4 Å². The molecule has 202 valence electrons. The Morgan fingerprint density at radius 3 is 2.39 bits per heavy atom. The molecule has 0 radical (unpaired) electrons. The molecule has 7 rings (SSSR count). The Bertz CT molecular complexity index is 1810. The van der Waals surface area contributed by atoms with Gasteiger partial charge >= 0.3 is 6.03 Å². The number of urea groups is 1. The standard InChI is InChI=1S/C34H28N4O3/c1-21-15-17-22(18-16-21)20-35-32(39)25-12-6-8-14-28(25)38-33(40)29-19-26-24-11-5-7-13-27(24)36-30(26)31(37(29)34(38)41)23-9-3-2-4-10-23/h2-18,29,31,36H,19-20H2,1H3,(H,35,39)/t29-,31?/m0/s1. The third-order valence-electron chi connectivity index (χ3n) is 8.13. The molecule has 1 fully saturated rings. The van der Waals surface area contributed by atoms with Gasteiger partial charge < -0.3 is 10.3 Å². The Hall–Kier alpha value is -5.17. The molecule has 2 aliphatic rings. The Morgan fingerprint density at radius 2 is 1.59 bits per heavy atom. The van der Waals surface area contributed by atoms with Gasteiger partial charge in [0.25, 0.3) is 11.8 Å². The second kappa shape index (κ2) is 9.78. The highest BCUT2D eigenvalue weighted by molar-refractivity contribution is 6.24. The van der Waals surface area contributed by atoms with Crippen LogP contribution in [0.3, 0.4) is 0 Å². The number of para-hydroxylation sites is 2. The van der Waals surface area contributed by atoms with E-state index in [0.717, 1.165) is 38.9 Å². The number of hydrogen-bond acceptors (Lipinski definition) is 3. The lowest BCUT2D eigenvalue weighted by Crippen LogP contribution is -2.44. The van der Waals surface area contributed by atoms with E-state index in [1.54, 1.807) is 29.2 Å². The van der Waals surface area contributed by atoms with Gasteiger partial charge in [-0.25, -0.2) is 9.69 Å². The first-order valence-corrected chi connectivity index (χ1v) is 13.7. The molecule has 4 aromatic carbocycles. The molecule has 5 aromatic rings. The van der Waals surface area contributed by atoms with Crippen LogP contribution in [0.15, 0.2) is 103 Å².